The number of hydrogen-bond acceptors (Lipinski definition) is 3. The Morgan fingerprint density at radius 1 is 1.24 bits per heavy atom. The van der Waals surface area contributed by atoms with Crippen molar-refractivity contribution in [1.82, 2.24) is 0 Å². The van der Waals surface area contributed by atoms with Gasteiger partial charge in [0, 0.05) is 5.56 Å². The van der Waals surface area contributed by atoms with Crippen molar-refractivity contribution in [2.75, 3.05) is 7.11 Å². The van der Waals surface area contributed by atoms with Crippen molar-refractivity contribution in [2.45, 2.75) is 38.0 Å². The highest BCUT2D eigenvalue weighted by molar-refractivity contribution is 7.86. The molecule has 0 radical (unpaired) electrons. The Balaban J connectivity index is 3.70. The summed E-state index contributed by atoms with van der Waals surface area (Å²) in [7, 11) is -2.88. The Morgan fingerprint density at radius 3 is 2.12 bits per heavy atom. The molecule has 4 nitrogen and oxygen atoms in total. The SMILES string of the molecule is COc1c(C(C)(C)C)cc(C)cc1S(=O)(=O)O. The van der Waals surface area contributed by atoms with Crippen molar-refractivity contribution in [3.8, 4) is 5.75 Å². The molecule has 1 aromatic carbocycles. The van der Waals surface area contributed by atoms with Gasteiger partial charge in [0.2, 0.25) is 0 Å². The van der Waals surface area contributed by atoms with Gasteiger partial charge in [-0.15, -0.1) is 0 Å². The first-order valence-corrected chi connectivity index (χ1v) is 6.68. The fourth-order valence-corrected chi connectivity index (χ4v) is 2.46. The molecule has 1 rings (SSSR count). The van der Waals surface area contributed by atoms with Crippen molar-refractivity contribution < 1.29 is 17.7 Å². The quantitative estimate of drug-likeness (QED) is 0.828. The first kappa shape index (κ1) is 14.0. The molecule has 5 heteroatoms. The molecule has 0 heterocycles. The lowest BCUT2D eigenvalue weighted by Gasteiger charge is -2.24. The van der Waals surface area contributed by atoms with E-state index in [9.17, 15) is 13.0 Å². The Hall–Kier alpha value is -1.07. The van der Waals surface area contributed by atoms with Gasteiger partial charge in [-0.3, -0.25) is 4.55 Å². The highest BCUT2D eigenvalue weighted by atomic mass is 32.2. The van der Waals surface area contributed by atoms with E-state index in [1.54, 1.807) is 6.92 Å². The van der Waals surface area contributed by atoms with Gasteiger partial charge in [-0.05, 0) is 24.0 Å². The Bertz CT molecular complexity index is 524. The standard InChI is InChI=1S/C12H18O4S/c1-8-6-9(12(2,3)4)11(16-5)10(7-8)17(13,14)15/h6-7H,1-5H3,(H,13,14,15). The van der Waals surface area contributed by atoms with Gasteiger partial charge < -0.3 is 4.74 Å². The maximum absolute atomic E-state index is 11.3. The molecule has 0 spiro atoms. The monoisotopic (exact) mass is 258 g/mol. The third kappa shape index (κ3) is 2.98. The smallest absolute Gasteiger partial charge is 0.298 e. The minimum absolute atomic E-state index is 0.176. The number of benzene rings is 1. The molecule has 0 bridgehead atoms. The van der Waals surface area contributed by atoms with Crippen molar-refractivity contribution in [3.05, 3.63) is 23.3 Å². The number of ether oxygens (including phenoxy) is 1. The van der Waals surface area contributed by atoms with Crippen LogP contribution in [0.5, 0.6) is 5.75 Å². The van der Waals surface area contributed by atoms with Crippen LogP contribution in [0.4, 0.5) is 0 Å². The Morgan fingerprint density at radius 2 is 1.76 bits per heavy atom. The van der Waals surface area contributed by atoms with E-state index in [-0.39, 0.29) is 16.1 Å². The first-order valence-electron chi connectivity index (χ1n) is 5.24. The van der Waals surface area contributed by atoms with Crippen LogP contribution in [0.2, 0.25) is 0 Å². The second kappa shape index (κ2) is 4.31. The highest BCUT2D eigenvalue weighted by Crippen LogP contribution is 2.37. The fourth-order valence-electron chi connectivity index (χ4n) is 1.70. The lowest BCUT2D eigenvalue weighted by molar-refractivity contribution is 0.381. The first-order chi connectivity index (χ1) is 7.57. The molecule has 0 aliphatic heterocycles. The molecule has 17 heavy (non-hydrogen) atoms. The van der Waals surface area contributed by atoms with Gasteiger partial charge in [0.1, 0.15) is 10.6 Å². The van der Waals surface area contributed by atoms with E-state index in [4.69, 9.17) is 4.74 Å². The normalized spacial score (nSPS) is 12.6. The summed E-state index contributed by atoms with van der Waals surface area (Å²) in [6.07, 6.45) is 0. The minimum Gasteiger partial charge on any atom is -0.495 e. The van der Waals surface area contributed by atoms with E-state index < -0.39 is 10.1 Å². The average molecular weight is 258 g/mol. The van der Waals surface area contributed by atoms with E-state index in [2.05, 4.69) is 0 Å². The van der Waals surface area contributed by atoms with Crippen LogP contribution >= 0.6 is 0 Å². The summed E-state index contributed by atoms with van der Waals surface area (Å²) in [6, 6.07) is 3.27. The molecule has 0 amide bonds. The minimum atomic E-state index is -4.28. The van der Waals surface area contributed by atoms with E-state index in [1.165, 1.54) is 13.2 Å². The summed E-state index contributed by atoms with van der Waals surface area (Å²) in [4.78, 5) is -0.176. The molecular formula is C12H18O4S. The van der Waals surface area contributed by atoms with Crippen LogP contribution in [0.1, 0.15) is 31.9 Å². The molecule has 96 valence electrons. The average Bonchev–Trinajstić information content (AvgIpc) is 2.13. The largest absolute Gasteiger partial charge is 0.495 e. The summed E-state index contributed by atoms with van der Waals surface area (Å²) in [5.41, 5.74) is 1.26. The van der Waals surface area contributed by atoms with E-state index in [0.717, 1.165) is 11.1 Å². The molecule has 0 aliphatic rings. The van der Waals surface area contributed by atoms with Crippen LogP contribution in [-0.2, 0) is 15.5 Å². The highest BCUT2D eigenvalue weighted by Gasteiger charge is 2.26. The Kier molecular flexibility index (Phi) is 3.55. The van der Waals surface area contributed by atoms with Crippen LogP contribution in [0.3, 0.4) is 0 Å². The molecule has 0 aliphatic carbocycles. The second-order valence-corrected chi connectivity index (χ2v) is 6.46. The van der Waals surface area contributed by atoms with E-state index >= 15 is 0 Å². The molecule has 1 N–H and O–H groups in total. The number of aryl methyl sites for hydroxylation is 1. The van der Waals surface area contributed by atoms with Crippen LogP contribution < -0.4 is 4.74 Å². The molecule has 0 saturated heterocycles. The summed E-state index contributed by atoms with van der Waals surface area (Å²) in [5, 5.41) is 0. The van der Waals surface area contributed by atoms with E-state index in [1.807, 2.05) is 26.8 Å². The zero-order valence-corrected chi connectivity index (χ0v) is 11.6. The zero-order valence-electron chi connectivity index (χ0n) is 10.7. The summed E-state index contributed by atoms with van der Waals surface area (Å²) in [6.45, 7) is 7.65. The lowest BCUT2D eigenvalue weighted by atomic mass is 9.85. The van der Waals surface area contributed by atoms with Crippen LogP contribution in [-0.4, -0.2) is 20.1 Å². The third-order valence-corrected chi connectivity index (χ3v) is 3.35. The number of hydrogen-bond donors (Lipinski definition) is 1. The predicted molar refractivity (Wildman–Crippen MR) is 66.2 cm³/mol. The maximum atomic E-state index is 11.3. The van der Waals surface area contributed by atoms with Gasteiger partial charge in [-0.1, -0.05) is 26.8 Å². The van der Waals surface area contributed by atoms with Gasteiger partial charge in [-0.2, -0.15) is 8.42 Å². The lowest BCUT2D eigenvalue weighted by Crippen LogP contribution is -2.15. The van der Waals surface area contributed by atoms with E-state index in [0.29, 0.717) is 0 Å². The summed E-state index contributed by atoms with van der Waals surface area (Å²) in [5.74, 6) is 0.214. The number of methoxy groups -OCH3 is 1. The van der Waals surface area contributed by atoms with Gasteiger partial charge in [0.15, 0.2) is 0 Å². The summed E-state index contributed by atoms with van der Waals surface area (Å²) >= 11 is 0. The van der Waals surface area contributed by atoms with Crippen LogP contribution in [0, 0.1) is 6.92 Å². The Labute approximate surface area is 102 Å². The van der Waals surface area contributed by atoms with Gasteiger partial charge >= 0.3 is 0 Å². The van der Waals surface area contributed by atoms with Gasteiger partial charge in [0.05, 0.1) is 7.11 Å². The fraction of sp³-hybridized carbons (Fsp3) is 0.500. The van der Waals surface area contributed by atoms with Crippen molar-refractivity contribution in [1.29, 1.82) is 0 Å². The zero-order chi connectivity index (χ0) is 13.4. The van der Waals surface area contributed by atoms with Crippen molar-refractivity contribution in [3.63, 3.8) is 0 Å². The van der Waals surface area contributed by atoms with Crippen LogP contribution in [0.15, 0.2) is 17.0 Å². The summed E-state index contributed by atoms with van der Waals surface area (Å²) < 4.78 is 37.0. The predicted octanol–water partition coefficient (Wildman–Crippen LogP) is 2.55. The van der Waals surface area contributed by atoms with Crippen molar-refractivity contribution in [2.24, 2.45) is 0 Å². The van der Waals surface area contributed by atoms with Gasteiger partial charge in [0.25, 0.3) is 10.1 Å². The molecule has 0 fully saturated rings. The molecule has 0 unspecified atom stereocenters. The molecular weight excluding hydrogens is 240 g/mol. The van der Waals surface area contributed by atoms with Gasteiger partial charge in [-0.25, -0.2) is 0 Å². The topological polar surface area (TPSA) is 63.6 Å². The molecule has 0 atom stereocenters. The number of rotatable bonds is 2. The van der Waals surface area contributed by atoms with Crippen molar-refractivity contribution >= 4 is 10.1 Å². The second-order valence-electron chi connectivity index (χ2n) is 5.07. The molecule has 0 saturated carbocycles. The molecule has 0 aromatic heterocycles. The van der Waals surface area contributed by atoms with Crippen LogP contribution in [0.25, 0.3) is 0 Å². The third-order valence-electron chi connectivity index (χ3n) is 2.49. The molecule has 1 aromatic rings. The maximum Gasteiger partial charge on any atom is 0.298 e.